The molecule has 0 aromatic heterocycles. The highest BCUT2D eigenvalue weighted by Gasteiger charge is 2.48. The highest BCUT2D eigenvalue weighted by Crippen LogP contribution is 2.44. The molecule has 3 rings (SSSR count). The fourth-order valence-corrected chi connectivity index (χ4v) is 5.60. The predicted octanol–water partition coefficient (Wildman–Crippen LogP) is 0.856. The molecule has 0 unspecified atom stereocenters. The lowest BCUT2D eigenvalue weighted by atomic mass is 9.76. The molecule has 0 heterocycles. The number of amides is 2. The molecule has 1 saturated carbocycles. The molecule has 1 aromatic rings. The third kappa shape index (κ3) is 6.59. The van der Waals surface area contributed by atoms with Gasteiger partial charge in [0.25, 0.3) is 0 Å². The lowest BCUT2D eigenvalue weighted by Crippen LogP contribution is -2.57. The number of aliphatic hydroxyl groups excluding tert-OH is 1. The molecule has 2 atom stereocenters. The first-order chi connectivity index (χ1) is 16.7. The number of nitrogens with two attached hydrogens (primary N) is 2. The van der Waals surface area contributed by atoms with Crippen LogP contribution in [0.3, 0.4) is 0 Å². The Hall–Kier alpha value is -2.49. The van der Waals surface area contributed by atoms with Gasteiger partial charge in [-0.1, -0.05) is 43.5 Å². The summed E-state index contributed by atoms with van der Waals surface area (Å²) >= 11 is 0. The summed E-state index contributed by atoms with van der Waals surface area (Å²) in [6.07, 6.45) is 6.06. The van der Waals surface area contributed by atoms with Crippen LogP contribution >= 0.6 is 0 Å². The molecule has 2 aliphatic carbocycles. The quantitative estimate of drug-likeness (QED) is 0.224. The van der Waals surface area contributed by atoms with Crippen LogP contribution in [0.1, 0.15) is 62.5 Å². The average Bonchev–Trinajstić information content (AvgIpc) is 3.47. The molecule has 0 bridgehead atoms. The molecule has 1 fully saturated rings. The molecule has 2 aliphatic rings. The van der Waals surface area contributed by atoms with Crippen molar-refractivity contribution in [1.29, 1.82) is 0 Å². The van der Waals surface area contributed by atoms with Crippen LogP contribution in [0.2, 0.25) is 0 Å². The third-order valence-corrected chi connectivity index (χ3v) is 7.71. The molecule has 0 saturated heterocycles. The molecule has 0 radical (unpaired) electrons. The van der Waals surface area contributed by atoms with Gasteiger partial charge >= 0.3 is 5.97 Å². The smallest absolute Gasteiger partial charge is 0.308 e. The molecule has 0 spiro atoms. The van der Waals surface area contributed by atoms with Gasteiger partial charge in [-0.05, 0) is 62.6 Å². The van der Waals surface area contributed by atoms with Crippen LogP contribution in [-0.4, -0.2) is 59.3 Å². The van der Waals surface area contributed by atoms with E-state index >= 15 is 0 Å². The van der Waals surface area contributed by atoms with E-state index in [0.717, 1.165) is 36.8 Å². The van der Waals surface area contributed by atoms with Crippen LogP contribution in [0.25, 0.3) is 0 Å². The highest BCUT2D eigenvalue weighted by atomic mass is 16.4. The first-order valence-electron chi connectivity index (χ1n) is 12.7. The van der Waals surface area contributed by atoms with E-state index in [0.29, 0.717) is 38.6 Å². The maximum Gasteiger partial charge on any atom is 0.308 e. The number of fused-ring (bicyclic) bond motifs is 1. The van der Waals surface area contributed by atoms with Gasteiger partial charge in [0.05, 0.1) is 29.5 Å². The van der Waals surface area contributed by atoms with E-state index < -0.39 is 28.9 Å². The summed E-state index contributed by atoms with van der Waals surface area (Å²) in [5.74, 6) is -2.55. The lowest BCUT2D eigenvalue weighted by Gasteiger charge is -2.36. The Morgan fingerprint density at radius 1 is 1.06 bits per heavy atom. The first kappa shape index (κ1) is 27.1. The molecule has 35 heavy (non-hydrogen) atoms. The van der Waals surface area contributed by atoms with Crippen molar-refractivity contribution in [1.82, 2.24) is 10.6 Å². The number of carbonyl (C=O) groups excluding carboxylic acids is 2. The van der Waals surface area contributed by atoms with Gasteiger partial charge in [-0.15, -0.1) is 0 Å². The molecule has 194 valence electrons. The number of carbonyl (C=O) groups is 3. The van der Waals surface area contributed by atoms with Crippen LogP contribution in [0, 0.1) is 11.3 Å². The van der Waals surface area contributed by atoms with Gasteiger partial charge in [0.15, 0.2) is 0 Å². The van der Waals surface area contributed by atoms with E-state index in [2.05, 4.69) is 10.6 Å². The number of nitrogens with one attached hydrogen (secondary N) is 2. The number of carboxylic acid groups (broad SMARTS) is 1. The SMILES string of the molecule is NCCCC[C@H](N)C(=O)NC[C@@H](CC1(C(=O)NC2(CO)Cc3ccccc3C2)CCCC1)C(=O)O. The van der Waals surface area contributed by atoms with Crippen LogP contribution in [0.4, 0.5) is 0 Å². The van der Waals surface area contributed by atoms with Crippen molar-refractivity contribution in [2.75, 3.05) is 19.7 Å². The predicted molar refractivity (Wildman–Crippen MR) is 132 cm³/mol. The average molecular weight is 489 g/mol. The zero-order valence-corrected chi connectivity index (χ0v) is 20.4. The molecule has 9 nitrogen and oxygen atoms in total. The minimum Gasteiger partial charge on any atom is -0.481 e. The second-order valence-electron chi connectivity index (χ2n) is 10.4. The number of aliphatic hydroxyl groups is 1. The van der Waals surface area contributed by atoms with Gasteiger partial charge in [-0.25, -0.2) is 0 Å². The summed E-state index contributed by atoms with van der Waals surface area (Å²) in [6, 6.07) is 7.20. The summed E-state index contributed by atoms with van der Waals surface area (Å²) in [5, 5.41) is 25.9. The maximum absolute atomic E-state index is 13.7. The third-order valence-electron chi connectivity index (χ3n) is 7.71. The van der Waals surface area contributed by atoms with E-state index in [1.807, 2.05) is 24.3 Å². The number of rotatable bonds is 13. The van der Waals surface area contributed by atoms with E-state index in [9.17, 15) is 24.6 Å². The normalized spacial score (nSPS) is 19.5. The standard InChI is InChI=1S/C26H40N4O5/c27-12-6-3-9-21(28)22(32)29-16-20(23(33)34)13-25(10-4-5-11-25)24(35)30-26(17-31)14-18-7-1-2-8-19(18)15-26/h1-2,7-8,20-21,31H,3-6,9-17,27-28H2,(H,29,32)(H,30,35)(H,33,34)/t20-,21+/m1/s1. The van der Waals surface area contributed by atoms with Crippen LogP contribution in [0.15, 0.2) is 24.3 Å². The number of carboxylic acids is 1. The van der Waals surface area contributed by atoms with Gasteiger partial charge in [-0.2, -0.15) is 0 Å². The Morgan fingerprint density at radius 2 is 1.69 bits per heavy atom. The zero-order chi connectivity index (χ0) is 25.5. The van der Waals surface area contributed by atoms with E-state index in [1.165, 1.54) is 0 Å². The second-order valence-corrected chi connectivity index (χ2v) is 10.4. The minimum absolute atomic E-state index is 0.0790. The van der Waals surface area contributed by atoms with Crippen molar-refractivity contribution in [3.8, 4) is 0 Å². The van der Waals surface area contributed by atoms with Gasteiger partial charge in [0, 0.05) is 6.54 Å². The van der Waals surface area contributed by atoms with Gasteiger partial charge in [0.1, 0.15) is 0 Å². The molecule has 0 aliphatic heterocycles. The largest absolute Gasteiger partial charge is 0.481 e. The number of hydrogen-bond donors (Lipinski definition) is 6. The topological polar surface area (TPSA) is 168 Å². The fourth-order valence-electron chi connectivity index (χ4n) is 5.60. The van der Waals surface area contributed by atoms with Crippen molar-refractivity contribution in [3.63, 3.8) is 0 Å². The van der Waals surface area contributed by atoms with Crippen LogP contribution in [0.5, 0.6) is 0 Å². The maximum atomic E-state index is 13.7. The van der Waals surface area contributed by atoms with Gasteiger partial charge in [0.2, 0.25) is 11.8 Å². The fraction of sp³-hybridized carbons (Fsp3) is 0.654. The Balaban J connectivity index is 1.66. The van der Waals surface area contributed by atoms with Crippen molar-refractivity contribution in [2.24, 2.45) is 22.8 Å². The molecule has 1 aromatic carbocycles. The second kappa shape index (κ2) is 12.0. The summed E-state index contributed by atoms with van der Waals surface area (Å²) in [6.45, 7) is 0.261. The van der Waals surface area contributed by atoms with Gasteiger partial charge < -0.3 is 32.3 Å². The Morgan fingerprint density at radius 3 is 2.23 bits per heavy atom. The van der Waals surface area contributed by atoms with Crippen molar-refractivity contribution in [3.05, 3.63) is 35.4 Å². The molecule has 8 N–H and O–H groups in total. The minimum atomic E-state index is -1.05. The molecular formula is C26H40N4O5. The van der Waals surface area contributed by atoms with Crippen molar-refractivity contribution < 1.29 is 24.6 Å². The van der Waals surface area contributed by atoms with E-state index in [4.69, 9.17) is 11.5 Å². The van der Waals surface area contributed by atoms with Crippen LogP contribution in [-0.2, 0) is 27.2 Å². The number of hydrogen-bond acceptors (Lipinski definition) is 6. The lowest BCUT2D eigenvalue weighted by molar-refractivity contribution is -0.144. The number of benzene rings is 1. The number of aliphatic carboxylic acids is 1. The molecule has 2 amide bonds. The van der Waals surface area contributed by atoms with E-state index in [-0.39, 0.29) is 31.4 Å². The summed E-state index contributed by atoms with van der Waals surface area (Å²) < 4.78 is 0. The molecular weight excluding hydrogens is 448 g/mol. The van der Waals surface area contributed by atoms with Crippen LogP contribution < -0.4 is 22.1 Å². The zero-order valence-electron chi connectivity index (χ0n) is 20.4. The first-order valence-corrected chi connectivity index (χ1v) is 12.7. The van der Waals surface area contributed by atoms with Gasteiger partial charge in [-0.3, -0.25) is 14.4 Å². The number of unbranched alkanes of at least 4 members (excludes halogenated alkanes) is 1. The molecule has 9 heteroatoms. The summed E-state index contributed by atoms with van der Waals surface area (Å²) in [5.41, 5.74) is 12.0. The van der Waals surface area contributed by atoms with Crippen molar-refractivity contribution >= 4 is 17.8 Å². The van der Waals surface area contributed by atoms with E-state index in [1.54, 1.807) is 0 Å². The highest BCUT2D eigenvalue weighted by molar-refractivity contribution is 5.85. The Kier molecular flexibility index (Phi) is 9.27. The monoisotopic (exact) mass is 488 g/mol. The Labute approximate surface area is 207 Å². The summed E-state index contributed by atoms with van der Waals surface area (Å²) in [4.78, 5) is 38.1. The summed E-state index contributed by atoms with van der Waals surface area (Å²) in [7, 11) is 0. The van der Waals surface area contributed by atoms with Crippen molar-refractivity contribution in [2.45, 2.75) is 75.8 Å². The Bertz CT molecular complexity index is 874.